The van der Waals surface area contributed by atoms with Gasteiger partial charge in [-0.05, 0) is 39.8 Å². The summed E-state index contributed by atoms with van der Waals surface area (Å²) in [5.41, 5.74) is 0.203. The van der Waals surface area contributed by atoms with E-state index in [0.717, 1.165) is 0 Å². The van der Waals surface area contributed by atoms with E-state index in [0.29, 0.717) is 5.56 Å². The Balaban J connectivity index is 1.93. The van der Waals surface area contributed by atoms with Crippen molar-refractivity contribution in [1.82, 2.24) is 15.6 Å². The van der Waals surface area contributed by atoms with Gasteiger partial charge in [0, 0.05) is 11.1 Å². The number of aromatic nitrogens is 1. The molecule has 0 radical (unpaired) electrons. The molecule has 0 fully saturated rings. The van der Waals surface area contributed by atoms with Crippen LogP contribution in [0.4, 0.5) is 4.79 Å². The third-order valence-electron chi connectivity index (χ3n) is 3.09. The quantitative estimate of drug-likeness (QED) is 0.811. The van der Waals surface area contributed by atoms with Crippen LogP contribution in [0.2, 0.25) is 0 Å². The van der Waals surface area contributed by atoms with Gasteiger partial charge in [0.25, 0.3) is 5.91 Å². The summed E-state index contributed by atoms with van der Waals surface area (Å²) in [4.78, 5) is 39.5. The van der Waals surface area contributed by atoms with Gasteiger partial charge in [0.05, 0.1) is 0 Å². The molecule has 2 aromatic rings. The Morgan fingerprint density at radius 2 is 1.81 bits per heavy atom. The lowest BCUT2D eigenvalue weighted by Gasteiger charge is -2.20. The van der Waals surface area contributed by atoms with Crippen molar-refractivity contribution in [3.63, 3.8) is 0 Å². The minimum absolute atomic E-state index is 0.0178. The van der Waals surface area contributed by atoms with Crippen molar-refractivity contribution in [2.24, 2.45) is 0 Å². The first-order valence-corrected chi connectivity index (χ1v) is 7.97. The molecule has 0 aliphatic carbocycles. The Morgan fingerprint density at radius 3 is 2.42 bits per heavy atom. The fraction of sp³-hybridized carbons (Fsp3) is 0.333. The molecule has 1 heterocycles. The van der Waals surface area contributed by atoms with Crippen molar-refractivity contribution >= 4 is 17.9 Å². The number of imide groups is 1. The predicted molar refractivity (Wildman–Crippen MR) is 93.4 cm³/mol. The van der Waals surface area contributed by atoms with Crippen molar-refractivity contribution in [1.29, 1.82) is 0 Å². The van der Waals surface area contributed by atoms with Crippen molar-refractivity contribution in [2.45, 2.75) is 33.2 Å². The van der Waals surface area contributed by atoms with Gasteiger partial charge in [0.2, 0.25) is 5.89 Å². The molecule has 1 aromatic carbocycles. The number of oxazole rings is 1. The minimum atomic E-state index is -0.806. The van der Waals surface area contributed by atoms with Gasteiger partial charge in [-0.2, -0.15) is 0 Å². The van der Waals surface area contributed by atoms with Gasteiger partial charge < -0.3 is 14.5 Å². The normalized spacial score (nSPS) is 10.9. The Kier molecular flexibility index (Phi) is 5.76. The maximum Gasteiger partial charge on any atom is 0.361 e. The molecule has 0 saturated heterocycles. The summed E-state index contributed by atoms with van der Waals surface area (Å²) < 4.78 is 10.4. The number of esters is 1. The van der Waals surface area contributed by atoms with E-state index in [1.54, 1.807) is 39.8 Å². The van der Waals surface area contributed by atoms with Crippen molar-refractivity contribution in [2.75, 3.05) is 6.61 Å². The standard InChI is InChI=1S/C18H21N3O5/c1-11-14(20-15(26-11)12-8-6-5-7-9-12)16(23)25-10-13(22)19-17(24)21-18(2,3)4/h5-9H,10H2,1-4H3,(H2,19,21,22,24). The summed E-state index contributed by atoms with van der Waals surface area (Å²) in [5, 5.41) is 4.64. The van der Waals surface area contributed by atoms with Crippen molar-refractivity contribution < 1.29 is 23.5 Å². The molecular weight excluding hydrogens is 338 g/mol. The monoisotopic (exact) mass is 359 g/mol. The maximum atomic E-state index is 12.1. The molecule has 0 spiro atoms. The first-order chi connectivity index (χ1) is 12.2. The summed E-state index contributed by atoms with van der Waals surface area (Å²) >= 11 is 0. The SMILES string of the molecule is Cc1oc(-c2ccccc2)nc1C(=O)OCC(=O)NC(=O)NC(C)(C)C. The summed E-state index contributed by atoms with van der Waals surface area (Å²) in [6.07, 6.45) is 0. The van der Waals surface area contributed by atoms with E-state index >= 15 is 0 Å². The Morgan fingerprint density at radius 1 is 1.15 bits per heavy atom. The van der Waals surface area contributed by atoms with Gasteiger partial charge in [0.15, 0.2) is 12.3 Å². The highest BCUT2D eigenvalue weighted by Gasteiger charge is 2.21. The van der Waals surface area contributed by atoms with Gasteiger partial charge in [-0.15, -0.1) is 0 Å². The van der Waals surface area contributed by atoms with Gasteiger partial charge in [-0.25, -0.2) is 14.6 Å². The molecule has 0 aliphatic rings. The van der Waals surface area contributed by atoms with Crippen molar-refractivity contribution in [3.05, 3.63) is 41.8 Å². The summed E-state index contributed by atoms with van der Waals surface area (Å²) in [6, 6.07) is 8.41. The van der Waals surface area contributed by atoms with Crippen LogP contribution in [0.5, 0.6) is 0 Å². The molecule has 3 amide bonds. The molecule has 26 heavy (non-hydrogen) atoms. The Bertz CT molecular complexity index is 806. The zero-order valence-electron chi connectivity index (χ0n) is 15.1. The number of rotatable bonds is 4. The van der Waals surface area contributed by atoms with E-state index in [1.807, 2.05) is 18.2 Å². The van der Waals surface area contributed by atoms with Crippen LogP contribution in [0.1, 0.15) is 37.0 Å². The third-order valence-corrected chi connectivity index (χ3v) is 3.09. The number of ether oxygens (including phenoxy) is 1. The zero-order valence-corrected chi connectivity index (χ0v) is 15.1. The van der Waals surface area contributed by atoms with E-state index in [4.69, 9.17) is 9.15 Å². The molecule has 1 aromatic heterocycles. The van der Waals surface area contributed by atoms with Crippen molar-refractivity contribution in [3.8, 4) is 11.5 Å². The smallest absolute Gasteiger partial charge is 0.361 e. The fourth-order valence-electron chi connectivity index (χ4n) is 2.02. The number of amides is 3. The minimum Gasteiger partial charge on any atom is -0.451 e. The number of carbonyl (C=O) groups is 3. The third kappa shape index (κ3) is 5.44. The molecule has 138 valence electrons. The number of nitrogens with zero attached hydrogens (tertiary/aromatic N) is 1. The average Bonchev–Trinajstić information content (AvgIpc) is 2.93. The summed E-state index contributed by atoms with van der Waals surface area (Å²) in [6.45, 7) is 6.29. The Hall–Kier alpha value is -3.16. The number of aryl methyl sites for hydroxylation is 1. The zero-order chi connectivity index (χ0) is 19.3. The topological polar surface area (TPSA) is 111 Å². The second kappa shape index (κ2) is 7.81. The van der Waals surface area contributed by atoms with Gasteiger partial charge in [-0.1, -0.05) is 18.2 Å². The fourth-order valence-corrected chi connectivity index (χ4v) is 2.02. The molecule has 0 atom stereocenters. The van der Waals surface area contributed by atoms with Gasteiger partial charge in [-0.3, -0.25) is 10.1 Å². The lowest BCUT2D eigenvalue weighted by Crippen LogP contribution is -2.49. The summed E-state index contributed by atoms with van der Waals surface area (Å²) in [7, 11) is 0. The van der Waals surface area contributed by atoms with E-state index in [-0.39, 0.29) is 17.3 Å². The average molecular weight is 359 g/mol. The van der Waals surface area contributed by atoms with E-state index in [9.17, 15) is 14.4 Å². The first kappa shape index (κ1) is 19.2. The number of urea groups is 1. The largest absolute Gasteiger partial charge is 0.451 e. The highest BCUT2D eigenvalue weighted by Crippen LogP contribution is 2.21. The van der Waals surface area contributed by atoms with Crippen LogP contribution < -0.4 is 10.6 Å². The van der Waals surface area contributed by atoms with Crippen LogP contribution in [0.15, 0.2) is 34.7 Å². The predicted octanol–water partition coefficient (Wildman–Crippen LogP) is 2.43. The lowest BCUT2D eigenvalue weighted by atomic mass is 10.1. The van der Waals surface area contributed by atoms with Crippen LogP contribution in [-0.2, 0) is 9.53 Å². The second-order valence-corrected chi connectivity index (χ2v) is 6.62. The van der Waals surface area contributed by atoms with Crippen LogP contribution in [-0.4, -0.2) is 35.0 Å². The second-order valence-electron chi connectivity index (χ2n) is 6.62. The molecule has 0 aliphatic heterocycles. The molecule has 0 bridgehead atoms. The Labute approximate surface area is 150 Å². The number of carbonyl (C=O) groups excluding carboxylic acids is 3. The van der Waals surface area contributed by atoms with Crippen LogP contribution >= 0.6 is 0 Å². The van der Waals surface area contributed by atoms with Gasteiger partial charge in [0.1, 0.15) is 5.76 Å². The van der Waals surface area contributed by atoms with Crippen LogP contribution in [0.3, 0.4) is 0 Å². The number of nitrogens with one attached hydrogen (secondary N) is 2. The van der Waals surface area contributed by atoms with Gasteiger partial charge >= 0.3 is 12.0 Å². The van der Waals surface area contributed by atoms with Crippen LogP contribution in [0, 0.1) is 6.92 Å². The number of hydrogen-bond acceptors (Lipinski definition) is 6. The van der Waals surface area contributed by atoms with E-state index < -0.39 is 30.1 Å². The first-order valence-electron chi connectivity index (χ1n) is 7.97. The molecule has 2 N–H and O–H groups in total. The molecule has 8 heteroatoms. The molecule has 0 saturated carbocycles. The number of benzene rings is 1. The van der Waals surface area contributed by atoms with Crippen LogP contribution in [0.25, 0.3) is 11.5 Å². The van der Waals surface area contributed by atoms with E-state index in [2.05, 4.69) is 15.6 Å². The highest BCUT2D eigenvalue weighted by atomic mass is 16.5. The lowest BCUT2D eigenvalue weighted by molar-refractivity contribution is -0.123. The molecule has 0 unspecified atom stereocenters. The molecular formula is C18H21N3O5. The maximum absolute atomic E-state index is 12.1. The molecule has 2 rings (SSSR count). The van der Waals surface area contributed by atoms with E-state index in [1.165, 1.54) is 0 Å². The number of hydrogen-bond donors (Lipinski definition) is 2. The highest BCUT2D eigenvalue weighted by molar-refractivity contribution is 5.97. The summed E-state index contributed by atoms with van der Waals surface area (Å²) in [5.74, 6) is -0.992. The molecule has 8 nitrogen and oxygen atoms in total.